The molecule has 0 amide bonds. The normalized spacial score (nSPS) is 19.0. The molecule has 1 atom stereocenters. The van der Waals surface area contributed by atoms with Gasteiger partial charge in [-0.25, -0.2) is 4.79 Å². The highest BCUT2D eigenvalue weighted by Crippen LogP contribution is 2.15. The molecule has 0 spiro atoms. The molecule has 21 heavy (non-hydrogen) atoms. The van der Waals surface area contributed by atoms with E-state index in [1.165, 1.54) is 19.5 Å². The van der Waals surface area contributed by atoms with Gasteiger partial charge in [-0.2, -0.15) is 18.3 Å². The third-order valence-corrected chi connectivity index (χ3v) is 3.03. The molecule has 0 aromatic carbocycles. The molecule has 1 aliphatic heterocycles. The molecule has 120 valence electrons. The van der Waals surface area contributed by atoms with Gasteiger partial charge in [-0.05, 0) is 25.9 Å². The number of nitrogens with one attached hydrogen (secondary N) is 1. The van der Waals surface area contributed by atoms with E-state index in [9.17, 15) is 13.2 Å². The molecule has 6 nitrogen and oxygen atoms in total. The summed E-state index contributed by atoms with van der Waals surface area (Å²) in [5.74, 6) is -1.97. The largest absolute Gasteiger partial charge is 0.490 e. The first-order chi connectivity index (χ1) is 9.68. The van der Waals surface area contributed by atoms with E-state index in [-0.39, 0.29) is 0 Å². The van der Waals surface area contributed by atoms with Gasteiger partial charge in [0, 0.05) is 26.3 Å². The molecule has 2 rings (SSSR count). The second-order valence-corrected chi connectivity index (χ2v) is 5.00. The van der Waals surface area contributed by atoms with Crippen molar-refractivity contribution in [3.8, 4) is 0 Å². The Labute approximate surface area is 120 Å². The fourth-order valence-corrected chi connectivity index (χ4v) is 1.97. The summed E-state index contributed by atoms with van der Waals surface area (Å²) >= 11 is 0. The third kappa shape index (κ3) is 6.48. The van der Waals surface area contributed by atoms with Gasteiger partial charge in [0.05, 0.1) is 11.9 Å². The van der Waals surface area contributed by atoms with Crippen LogP contribution in [0.3, 0.4) is 0 Å². The molecule has 1 unspecified atom stereocenters. The molecular weight excluding hydrogens is 289 g/mol. The van der Waals surface area contributed by atoms with E-state index in [4.69, 9.17) is 9.90 Å². The molecule has 0 saturated carbocycles. The lowest BCUT2D eigenvalue weighted by Crippen LogP contribution is -2.21. The van der Waals surface area contributed by atoms with E-state index in [0.717, 1.165) is 18.2 Å². The third-order valence-electron chi connectivity index (χ3n) is 3.03. The number of aliphatic carboxylic acids is 1. The Morgan fingerprint density at radius 2 is 2.14 bits per heavy atom. The Bertz CT molecular complexity index is 462. The van der Waals surface area contributed by atoms with Crippen LogP contribution in [-0.2, 0) is 11.8 Å². The minimum absolute atomic E-state index is 0.792. The number of carbonyl (C=O) groups is 1. The van der Waals surface area contributed by atoms with E-state index in [1.807, 2.05) is 24.1 Å². The number of carboxylic acid groups (broad SMARTS) is 1. The lowest BCUT2D eigenvalue weighted by atomic mass is 10.1. The Balaban J connectivity index is 0.000000270. The molecule has 1 fully saturated rings. The number of carboxylic acids is 1. The van der Waals surface area contributed by atoms with Crippen LogP contribution < -0.4 is 5.32 Å². The smallest absolute Gasteiger partial charge is 0.475 e. The van der Waals surface area contributed by atoms with Crippen molar-refractivity contribution in [2.45, 2.75) is 12.6 Å². The second kappa shape index (κ2) is 7.30. The van der Waals surface area contributed by atoms with Crippen LogP contribution in [0, 0.1) is 5.92 Å². The Hall–Kier alpha value is -1.77. The number of alkyl halides is 3. The Kier molecular flexibility index (Phi) is 6.01. The summed E-state index contributed by atoms with van der Waals surface area (Å²) in [6.45, 7) is 3.52. The van der Waals surface area contributed by atoms with E-state index in [0.29, 0.717) is 0 Å². The molecule has 2 heterocycles. The van der Waals surface area contributed by atoms with E-state index >= 15 is 0 Å². The van der Waals surface area contributed by atoms with Crippen molar-refractivity contribution in [1.82, 2.24) is 14.7 Å². The molecule has 9 heteroatoms. The zero-order valence-corrected chi connectivity index (χ0v) is 11.9. The zero-order chi connectivity index (χ0) is 16.0. The summed E-state index contributed by atoms with van der Waals surface area (Å²) in [5, 5.41) is 14.7. The molecule has 1 aliphatic rings. The molecule has 2 N–H and O–H groups in total. The maximum absolute atomic E-state index is 10.6. The SMILES string of the molecule is CN1CCC(CNc2cnn(C)c2)C1.O=C(O)C(F)(F)F. The number of nitrogens with zero attached hydrogens (tertiary/aromatic N) is 3. The summed E-state index contributed by atoms with van der Waals surface area (Å²) in [4.78, 5) is 11.3. The highest BCUT2D eigenvalue weighted by molar-refractivity contribution is 5.73. The van der Waals surface area contributed by atoms with Gasteiger partial charge in [0.1, 0.15) is 0 Å². The van der Waals surface area contributed by atoms with E-state index in [2.05, 4.69) is 22.4 Å². The standard InChI is InChI=1S/C10H18N4.C2HF3O2/c1-13-4-3-9(7-13)5-11-10-6-12-14(2)8-10;3-2(4,5)1(6)7/h6,8-9,11H,3-5,7H2,1-2H3;(H,6,7). The second-order valence-electron chi connectivity index (χ2n) is 5.00. The molecule has 1 aromatic rings. The first-order valence-corrected chi connectivity index (χ1v) is 6.39. The van der Waals surface area contributed by atoms with Crippen LogP contribution in [0.25, 0.3) is 0 Å². The number of aromatic nitrogens is 2. The molecule has 0 bridgehead atoms. The first kappa shape index (κ1) is 17.3. The van der Waals surface area contributed by atoms with Gasteiger partial charge < -0.3 is 15.3 Å². The average molecular weight is 308 g/mol. The van der Waals surface area contributed by atoms with Crippen molar-refractivity contribution < 1.29 is 23.1 Å². The highest BCUT2D eigenvalue weighted by Gasteiger charge is 2.38. The van der Waals surface area contributed by atoms with Crippen molar-refractivity contribution in [2.75, 3.05) is 32.0 Å². The van der Waals surface area contributed by atoms with Crippen molar-refractivity contribution in [3.05, 3.63) is 12.4 Å². The topological polar surface area (TPSA) is 70.4 Å². The number of aryl methyl sites for hydroxylation is 1. The van der Waals surface area contributed by atoms with Crippen LogP contribution in [0.1, 0.15) is 6.42 Å². The van der Waals surface area contributed by atoms with Gasteiger partial charge in [0.25, 0.3) is 0 Å². The maximum Gasteiger partial charge on any atom is 0.490 e. The van der Waals surface area contributed by atoms with Crippen LogP contribution in [0.4, 0.5) is 18.9 Å². The molecule has 0 aliphatic carbocycles. The first-order valence-electron chi connectivity index (χ1n) is 6.39. The number of hydrogen-bond acceptors (Lipinski definition) is 4. The predicted molar refractivity (Wildman–Crippen MR) is 71.0 cm³/mol. The fourth-order valence-electron chi connectivity index (χ4n) is 1.97. The van der Waals surface area contributed by atoms with Gasteiger partial charge in [-0.3, -0.25) is 4.68 Å². The zero-order valence-electron chi connectivity index (χ0n) is 11.9. The molecule has 0 radical (unpaired) electrons. The molecule has 1 saturated heterocycles. The van der Waals surface area contributed by atoms with Crippen molar-refractivity contribution >= 4 is 11.7 Å². The maximum atomic E-state index is 10.6. The van der Waals surface area contributed by atoms with Gasteiger partial charge in [0.15, 0.2) is 0 Å². The van der Waals surface area contributed by atoms with Gasteiger partial charge in [0.2, 0.25) is 0 Å². The molecular formula is C12H19F3N4O2. The number of hydrogen-bond donors (Lipinski definition) is 2. The number of rotatable bonds is 3. The molecule has 1 aromatic heterocycles. The van der Waals surface area contributed by atoms with Gasteiger partial charge in [-0.1, -0.05) is 0 Å². The van der Waals surface area contributed by atoms with Crippen LogP contribution in [0.15, 0.2) is 12.4 Å². The van der Waals surface area contributed by atoms with Gasteiger partial charge in [-0.15, -0.1) is 0 Å². The summed E-state index contributed by atoms with van der Waals surface area (Å²) < 4.78 is 33.6. The minimum atomic E-state index is -5.08. The highest BCUT2D eigenvalue weighted by atomic mass is 19.4. The Morgan fingerprint density at radius 3 is 2.52 bits per heavy atom. The number of anilines is 1. The summed E-state index contributed by atoms with van der Waals surface area (Å²) in [6, 6.07) is 0. The lowest BCUT2D eigenvalue weighted by Gasteiger charge is -2.10. The van der Waals surface area contributed by atoms with E-state index < -0.39 is 12.1 Å². The monoisotopic (exact) mass is 308 g/mol. The van der Waals surface area contributed by atoms with Crippen molar-refractivity contribution in [3.63, 3.8) is 0 Å². The van der Waals surface area contributed by atoms with Gasteiger partial charge >= 0.3 is 12.1 Å². The minimum Gasteiger partial charge on any atom is -0.475 e. The van der Waals surface area contributed by atoms with Crippen LogP contribution >= 0.6 is 0 Å². The van der Waals surface area contributed by atoms with E-state index in [1.54, 1.807) is 0 Å². The van der Waals surface area contributed by atoms with Crippen LogP contribution in [0.2, 0.25) is 0 Å². The quantitative estimate of drug-likeness (QED) is 0.884. The summed E-state index contributed by atoms with van der Waals surface area (Å²) in [7, 11) is 4.12. The fraction of sp³-hybridized carbons (Fsp3) is 0.667. The van der Waals surface area contributed by atoms with Crippen molar-refractivity contribution in [2.24, 2.45) is 13.0 Å². The van der Waals surface area contributed by atoms with Crippen molar-refractivity contribution in [1.29, 1.82) is 0 Å². The number of likely N-dealkylation sites (tertiary alicyclic amines) is 1. The average Bonchev–Trinajstić information content (AvgIpc) is 2.95. The predicted octanol–water partition coefficient (Wildman–Crippen LogP) is 1.42. The van der Waals surface area contributed by atoms with Crippen LogP contribution in [-0.4, -0.2) is 58.6 Å². The lowest BCUT2D eigenvalue weighted by molar-refractivity contribution is -0.192. The van der Waals surface area contributed by atoms with Crippen LogP contribution in [0.5, 0.6) is 0 Å². The Morgan fingerprint density at radius 1 is 1.52 bits per heavy atom. The number of halogens is 3. The summed E-state index contributed by atoms with van der Waals surface area (Å²) in [6.07, 6.45) is 0.112. The summed E-state index contributed by atoms with van der Waals surface area (Å²) in [5.41, 5.74) is 1.13.